The molecule has 1 amide bonds. The molecule has 0 radical (unpaired) electrons. The van der Waals surface area contributed by atoms with Crippen LogP contribution in [0.1, 0.15) is 20.3 Å². The lowest BCUT2D eigenvalue weighted by Crippen LogP contribution is -2.34. The molecule has 0 aromatic carbocycles. The number of hydrogen-bond donors (Lipinski definition) is 1. The number of hydrogen-bond acceptors (Lipinski definition) is 5. The minimum absolute atomic E-state index is 0.0480. The van der Waals surface area contributed by atoms with E-state index in [4.69, 9.17) is 0 Å². The molecule has 2 aromatic heterocycles. The molecule has 1 N–H and O–H groups in total. The Labute approximate surface area is 117 Å². The van der Waals surface area contributed by atoms with Gasteiger partial charge in [-0.2, -0.15) is 0 Å². The maximum absolute atomic E-state index is 12.0. The van der Waals surface area contributed by atoms with Gasteiger partial charge >= 0.3 is 0 Å². The fourth-order valence-electron chi connectivity index (χ4n) is 2.50. The van der Waals surface area contributed by atoms with Gasteiger partial charge in [-0.25, -0.2) is 4.98 Å². The third-order valence-corrected chi connectivity index (χ3v) is 3.55. The van der Waals surface area contributed by atoms with Crippen molar-refractivity contribution in [1.82, 2.24) is 24.5 Å². The van der Waals surface area contributed by atoms with Crippen LogP contribution in [0.25, 0.3) is 5.65 Å². The summed E-state index contributed by atoms with van der Waals surface area (Å²) < 4.78 is 1.82. The number of nitrogens with one attached hydrogen (secondary N) is 1. The number of carbonyl (C=O) groups excluding carboxylic acids is 1. The van der Waals surface area contributed by atoms with E-state index in [-0.39, 0.29) is 17.9 Å². The van der Waals surface area contributed by atoms with Gasteiger partial charge in [0.15, 0.2) is 5.82 Å². The van der Waals surface area contributed by atoms with Crippen LogP contribution in [-0.2, 0) is 4.79 Å². The van der Waals surface area contributed by atoms with E-state index in [0.29, 0.717) is 18.0 Å². The van der Waals surface area contributed by atoms with Gasteiger partial charge in [-0.15, -0.1) is 10.2 Å². The molecule has 1 saturated heterocycles. The summed E-state index contributed by atoms with van der Waals surface area (Å²) in [6.07, 6.45) is 6.09. The van der Waals surface area contributed by atoms with E-state index >= 15 is 0 Å². The van der Waals surface area contributed by atoms with Crippen molar-refractivity contribution in [2.75, 3.05) is 18.4 Å². The standard InChI is InChI=1S/C13H18N6O/c1-9(2)13(20)18-5-3-10(7-18)16-11-12-17-15-8-19(12)6-4-14-11/h4,6,8-10H,3,5,7H2,1-2H3,(H,14,16)/t10-/m0/s1. The van der Waals surface area contributed by atoms with Crippen LogP contribution in [-0.4, -0.2) is 49.5 Å². The topological polar surface area (TPSA) is 75.4 Å². The first-order valence-corrected chi connectivity index (χ1v) is 6.85. The third-order valence-electron chi connectivity index (χ3n) is 3.55. The molecule has 1 aliphatic rings. The second-order valence-electron chi connectivity index (χ2n) is 5.41. The molecule has 7 heteroatoms. The molecule has 3 heterocycles. The Morgan fingerprint density at radius 1 is 1.50 bits per heavy atom. The second kappa shape index (κ2) is 5.07. The third kappa shape index (κ3) is 2.31. The molecule has 0 saturated carbocycles. The van der Waals surface area contributed by atoms with Gasteiger partial charge < -0.3 is 10.2 Å². The highest BCUT2D eigenvalue weighted by Gasteiger charge is 2.28. The van der Waals surface area contributed by atoms with E-state index in [0.717, 1.165) is 13.0 Å². The quantitative estimate of drug-likeness (QED) is 0.895. The maximum Gasteiger partial charge on any atom is 0.225 e. The molecule has 1 fully saturated rings. The van der Waals surface area contributed by atoms with Crippen molar-refractivity contribution in [3.05, 3.63) is 18.7 Å². The first-order chi connectivity index (χ1) is 9.65. The molecule has 2 aromatic rings. The monoisotopic (exact) mass is 274 g/mol. The molecule has 106 valence electrons. The van der Waals surface area contributed by atoms with Gasteiger partial charge in [0.25, 0.3) is 0 Å². The highest BCUT2D eigenvalue weighted by Crippen LogP contribution is 2.18. The second-order valence-corrected chi connectivity index (χ2v) is 5.41. The number of fused-ring (bicyclic) bond motifs is 1. The fraction of sp³-hybridized carbons (Fsp3) is 0.538. The van der Waals surface area contributed by atoms with Crippen molar-refractivity contribution in [1.29, 1.82) is 0 Å². The van der Waals surface area contributed by atoms with Crippen LogP contribution in [0.2, 0.25) is 0 Å². The summed E-state index contributed by atoms with van der Waals surface area (Å²) in [6, 6.07) is 0.216. The Balaban J connectivity index is 1.71. The molecule has 0 bridgehead atoms. The number of amides is 1. The molecular formula is C13H18N6O. The normalized spacial score (nSPS) is 18.9. The maximum atomic E-state index is 12.0. The van der Waals surface area contributed by atoms with Gasteiger partial charge in [-0.05, 0) is 6.42 Å². The molecule has 7 nitrogen and oxygen atoms in total. The van der Waals surface area contributed by atoms with Crippen LogP contribution in [0.4, 0.5) is 5.82 Å². The molecule has 0 aliphatic carbocycles. The Hall–Kier alpha value is -2.18. The van der Waals surface area contributed by atoms with Gasteiger partial charge in [0.05, 0.1) is 0 Å². The summed E-state index contributed by atoms with van der Waals surface area (Å²) in [5.74, 6) is 0.976. The number of likely N-dealkylation sites (tertiary alicyclic amines) is 1. The summed E-state index contributed by atoms with van der Waals surface area (Å²) in [5, 5.41) is 11.3. The van der Waals surface area contributed by atoms with Crippen LogP contribution in [0, 0.1) is 5.92 Å². The lowest BCUT2D eigenvalue weighted by molar-refractivity contribution is -0.133. The predicted molar refractivity (Wildman–Crippen MR) is 74.2 cm³/mol. The Morgan fingerprint density at radius 3 is 3.15 bits per heavy atom. The van der Waals surface area contributed by atoms with E-state index in [1.54, 1.807) is 12.5 Å². The van der Waals surface area contributed by atoms with Crippen LogP contribution < -0.4 is 5.32 Å². The lowest BCUT2D eigenvalue weighted by atomic mass is 10.2. The van der Waals surface area contributed by atoms with Crippen molar-refractivity contribution < 1.29 is 4.79 Å². The smallest absolute Gasteiger partial charge is 0.225 e. The highest BCUT2D eigenvalue weighted by molar-refractivity contribution is 5.78. The number of aromatic nitrogens is 4. The van der Waals surface area contributed by atoms with E-state index in [1.807, 2.05) is 29.3 Å². The summed E-state index contributed by atoms with van der Waals surface area (Å²) >= 11 is 0. The molecule has 1 aliphatic heterocycles. The van der Waals surface area contributed by atoms with E-state index in [2.05, 4.69) is 20.5 Å². The summed E-state index contributed by atoms with van der Waals surface area (Å²) in [5.41, 5.74) is 0.709. The average molecular weight is 274 g/mol. The molecule has 3 rings (SSSR count). The van der Waals surface area contributed by atoms with Crippen LogP contribution in [0.5, 0.6) is 0 Å². The first kappa shape index (κ1) is 12.8. The SMILES string of the molecule is CC(C)C(=O)N1CC[C@H](Nc2nccn3cnnc23)C1. The summed E-state index contributed by atoms with van der Waals surface area (Å²) in [6.45, 7) is 5.38. The van der Waals surface area contributed by atoms with Crippen LogP contribution in [0.3, 0.4) is 0 Å². The average Bonchev–Trinajstić information content (AvgIpc) is 3.06. The number of nitrogens with zero attached hydrogens (tertiary/aromatic N) is 5. The Kier molecular flexibility index (Phi) is 3.25. The molecule has 0 spiro atoms. The zero-order valence-corrected chi connectivity index (χ0v) is 11.7. The fourth-order valence-corrected chi connectivity index (χ4v) is 2.50. The Bertz CT molecular complexity index is 622. The number of carbonyl (C=O) groups is 1. The molecule has 20 heavy (non-hydrogen) atoms. The Morgan fingerprint density at radius 2 is 2.35 bits per heavy atom. The molecule has 0 unspecified atom stereocenters. The van der Waals surface area contributed by atoms with Gasteiger partial charge in [0.2, 0.25) is 11.6 Å². The van der Waals surface area contributed by atoms with Crippen molar-refractivity contribution in [3.63, 3.8) is 0 Å². The van der Waals surface area contributed by atoms with Crippen molar-refractivity contribution in [2.45, 2.75) is 26.3 Å². The summed E-state index contributed by atoms with van der Waals surface area (Å²) in [7, 11) is 0. The van der Waals surface area contributed by atoms with Crippen molar-refractivity contribution in [2.24, 2.45) is 5.92 Å². The minimum Gasteiger partial charge on any atom is -0.362 e. The van der Waals surface area contributed by atoms with Gasteiger partial charge in [-0.1, -0.05) is 13.8 Å². The minimum atomic E-state index is 0.0480. The number of anilines is 1. The van der Waals surface area contributed by atoms with Crippen LogP contribution >= 0.6 is 0 Å². The van der Waals surface area contributed by atoms with Gasteiger partial charge in [0, 0.05) is 37.4 Å². The predicted octanol–water partition coefficient (Wildman–Crippen LogP) is 0.793. The zero-order valence-electron chi connectivity index (χ0n) is 11.7. The number of rotatable bonds is 3. The molecule has 1 atom stereocenters. The van der Waals surface area contributed by atoms with E-state index in [1.165, 1.54) is 0 Å². The lowest BCUT2D eigenvalue weighted by Gasteiger charge is -2.19. The van der Waals surface area contributed by atoms with E-state index in [9.17, 15) is 4.79 Å². The first-order valence-electron chi connectivity index (χ1n) is 6.85. The largest absolute Gasteiger partial charge is 0.362 e. The molecular weight excluding hydrogens is 256 g/mol. The van der Waals surface area contributed by atoms with Crippen molar-refractivity contribution >= 4 is 17.4 Å². The van der Waals surface area contributed by atoms with Gasteiger partial charge in [-0.3, -0.25) is 9.20 Å². The van der Waals surface area contributed by atoms with Crippen molar-refractivity contribution in [3.8, 4) is 0 Å². The highest BCUT2D eigenvalue weighted by atomic mass is 16.2. The zero-order chi connectivity index (χ0) is 14.1. The van der Waals surface area contributed by atoms with Gasteiger partial charge in [0.1, 0.15) is 6.33 Å². The summed E-state index contributed by atoms with van der Waals surface area (Å²) in [4.78, 5) is 18.2. The van der Waals surface area contributed by atoms with E-state index < -0.39 is 0 Å². The van der Waals surface area contributed by atoms with Crippen LogP contribution in [0.15, 0.2) is 18.7 Å².